The van der Waals surface area contributed by atoms with E-state index in [2.05, 4.69) is 72.2 Å². The van der Waals surface area contributed by atoms with Crippen LogP contribution in [0.25, 0.3) is 11.1 Å². The summed E-state index contributed by atoms with van der Waals surface area (Å²) in [4.78, 5) is 0. The lowest BCUT2D eigenvalue weighted by atomic mass is 9.82. The van der Waals surface area contributed by atoms with Crippen LogP contribution in [0.2, 0.25) is 0 Å². The zero-order valence-corrected chi connectivity index (χ0v) is 15.5. The summed E-state index contributed by atoms with van der Waals surface area (Å²) in [7, 11) is 0. The van der Waals surface area contributed by atoms with Gasteiger partial charge in [0.25, 0.3) is 0 Å². The zero-order valence-electron chi connectivity index (χ0n) is 13.9. The van der Waals surface area contributed by atoms with E-state index in [1.807, 2.05) is 12.1 Å². The van der Waals surface area contributed by atoms with E-state index in [0.29, 0.717) is 11.4 Å². The Bertz CT molecular complexity index is 864. The van der Waals surface area contributed by atoms with Crippen LogP contribution < -0.4 is 11.5 Å². The van der Waals surface area contributed by atoms with Gasteiger partial charge in [0.2, 0.25) is 0 Å². The summed E-state index contributed by atoms with van der Waals surface area (Å²) in [6, 6.07) is 22.5. The highest BCUT2D eigenvalue weighted by atomic mass is 79.9. The molecule has 0 saturated heterocycles. The molecule has 0 atom stereocenters. The van der Waals surface area contributed by atoms with Crippen molar-refractivity contribution in [3.05, 3.63) is 82.3 Å². The topological polar surface area (TPSA) is 52.0 Å². The van der Waals surface area contributed by atoms with E-state index in [1.165, 1.54) is 22.3 Å². The third kappa shape index (κ3) is 2.92. The normalized spacial score (nSPS) is 13.5. The van der Waals surface area contributed by atoms with Gasteiger partial charge in [-0.05, 0) is 46.5 Å². The van der Waals surface area contributed by atoms with E-state index in [0.717, 1.165) is 4.47 Å². The summed E-state index contributed by atoms with van der Waals surface area (Å²) >= 11 is 3.56. The minimum atomic E-state index is 0.121. The summed E-state index contributed by atoms with van der Waals surface area (Å²) in [6.07, 6.45) is 0. The molecule has 1 aliphatic rings. The van der Waals surface area contributed by atoms with Gasteiger partial charge in [-0.1, -0.05) is 72.2 Å². The molecule has 2 nitrogen and oxygen atoms in total. The average molecular weight is 381 g/mol. The van der Waals surface area contributed by atoms with Gasteiger partial charge in [-0.25, -0.2) is 0 Å². The highest BCUT2D eigenvalue weighted by Crippen LogP contribution is 2.48. The third-order valence-corrected chi connectivity index (χ3v) is 5.03. The van der Waals surface area contributed by atoms with Crippen LogP contribution in [0.15, 0.2) is 71.2 Å². The number of nitrogens with two attached hydrogens (primary N) is 2. The summed E-state index contributed by atoms with van der Waals surface area (Å²) in [5.41, 5.74) is 17.8. The molecule has 0 spiro atoms. The van der Waals surface area contributed by atoms with Crippen LogP contribution in [-0.4, -0.2) is 0 Å². The average Bonchev–Trinajstić information content (AvgIpc) is 2.79. The molecular weight excluding hydrogens is 360 g/mol. The van der Waals surface area contributed by atoms with E-state index in [9.17, 15) is 0 Å². The highest BCUT2D eigenvalue weighted by Gasteiger charge is 2.34. The fraction of sp³-hybridized carbons (Fsp3) is 0.143. The van der Waals surface area contributed by atoms with E-state index in [4.69, 9.17) is 11.5 Å². The van der Waals surface area contributed by atoms with Crippen molar-refractivity contribution in [2.24, 2.45) is 0 Å². The number of nitrogen functional groups attached to an aromatic ring is 2. The number of rotatable bonds is 0. The molecule has 3 aromatic rings. The van der Waals surface area contributed by atoms with Crippen LogP contribution in [0.1, 0.15) is 25.0 Å². The van der Waals surface area contributed by atoms with Gasteiger partial charge in [0.1, 0.15) is 0 Å². The Kier molecular flexibility index (Phi) is 4.37. The predicted octanol–water partition coefficient (Wildman–Crippen LogP) is 5.61. The number of anilines is 2. The second-order valence-electron chi connectivity index (χ2n) is 6.49. The van der Waals surface area contributed by atoms with Gasteiger partial charge < -0.3 is 11.5 Å². The molecule has 0 heterocycles. The van der Waals surface area contributed by atoms with Gasteiger partial charge >= 0.3 is 0 Å². The molecule has 0 fully saturated rings. The first-order chi connectivity index (χ1) is 11.4. The van der Waals surface area contributed by atoms with Crippen molar-refractivity contribution in [3.8, 4) is 11.1 Å². The molecule has 0 amide bonds. The van der Waals surface area contributed by atoms with Crippen molar-refractivity contribution in [2.45, 2.75) is 19.3 Å². The fourth-order valence-corrected chi connectivity index (χ4v) is 3.55. The molecule has 24 heavy (non-hydrogen) atoms. The summed E-state index contributed by atoms with van der Waals surface area (Å²) in [6.45, 7) is 4.59. The van der Waals surface area contributed by atoms with Crippen LogP contribution in [-0.2, 0) is 5.41 Å². The largest absolute Gasteiger partial charge is 0.397 e. The van der Waals surface area contributed by atoms with Gasteiger partial charge in [-0.2, -0.15) is 0 Å². The Balaban J connectivity index is 0.000000179. The van der Waals surface area contributed by atoms with Gasteiger partial charge in [0, 0.05) is 9.89 Å². The van der Waals surface area contributed by atoms with Gasteiger partial charge in [-0.15, -0.1) is 0 Å². The van der Waals surface area contributed by atoms with Crippen LogP contribution in [0.4, 0.5) is 11.4 Å². The number of hydrogen-bond acceptors (Lipinski definition) is 2. The lowest BCUT2D eigenvalue weighted by Crippen LogP contribution is -2.14. The minimum absolute atomic E-state index is 0.121. The lowest BCUT2D eigenvalue weighted by Gasteiger charge is -2.21. The Morgan fingerprint density at radius 3 is 1.88 bits per heavy atom. The molecule has 0 aliphatic heterocycles. The molecule has 0 bridgehead atoms. The van der Waals surface area contributed by atoms with Crippen LogP contribution in [0, 0.1) is 0 Å². The van der Waals surface area contributed by atoms with Crippen molar-refractivity contribution < 1.29 is 0 Å². The van der Waals surface area contributed by atoms with Crippen molar-refractivity contribution in [2.75, 3.05) is 11.5 Å². The molecule has 4 N–H and O–H groups in total. The van der Waals surface area contributed by atoms with Crippen molar-refractivity contribution >= 4 is 27.3 Å². The maximum atomic E-state index is 5.39. The van der Waals surface area contributed by atoms with Crippen LogP contribution >= 0.6 is 15.9 Å². The molecule has 0 radical (unpaired) electrons. The Hall–Kier alpha value is -2.26. The Morgan fingerprint density at radius 2 is 1.25 bits per heavy atom. The quantitative estimate of drug-likeness (QED) is 0.498. The molecule has 4 rings (SSSR count). The SMILES string of the molecule is CC1(C)c2ccccc2-c2ccc(Br)cc21.Nc1ccccc1N. The first-order valence-electron chi connectivity index (χ1n) is 7.91. The third-order valence-electron chi connectivity index (χ3n) is 4.54. The molecule has 0 saturated carbocycles. The van der Waals surface area contributed by atoms with Gasteiger partial charge in [-0.3, -0.25) is 0 Å². The van der Waals surface area contributed by atoms with Crippen LogP contribution in [0.5, 0.6) is 0 Å². The molecule has 122 valence electrons. The molecule has 3 aromatic carbocycles. The van der Waals surface area contributed by atoms with Crippen molar-refractivity contribution in [1.29, 1.82) is 0 Å². The van der Waals surface area contributed by atoms with Gasteiger partial charge in [0.15, 0.2) is 0 Å². The van der Waals surface area contributed by atoms with E-state index >= 15 is 0 Å². The first kappa shape index (κ1) is 16.6. The maximum absolute atomic E-state index is 5.39. The second-order valence-corrected chi connectivity index (χ2v) is 7.41. The Morgan fingerprint density at radius 1 is 0.708 bits per heavy atom. The fourth-order valence-electron chi connectivity index (χ4n) is 3.19. The molecule has 1 aliphatic carbocycles. The van der Waals surface area contributed by atoms with Crippen LogP contribution in [0.3, 0.4) is 0 Å². The molecular formula is C21H21BrN2. The maximum Gasteiger partial charge on any atom is 0.0547 e. The summed E-state index contributed by atoms with van der Waals surface area (Å²) in [5, 5.41) is 0. The molecule has 0 aromatic heterocycles. The minimum Gasteiger partial charge on any atom is -0.397 e. The number of hydrogen-bond donors (Lipinski definition) is 2. The monoisotopic (exact) mass is 380 g/mol. The number of halogens is 1. The van der Waals surface area contributed by atoms with E-state index in [1.54, 1.807) is 12.1 Å². The number of fused-ring (bicyclic) bond motifs is 3. The lowest BCUT2D eigenvalue weighted by molar-refractivity contribution is 0.660. The van der Waals surface area contributed by atoms with Gasteiger partial charge in [0.05, 0.1) is 11.4 Å². The Labute approximate surface area is 151 Å². The predicted molar refractivity (Wildman–Crippen MR) is 107 cm³/mol. The number of para-hydroxylation sites is 2. The summed E-state index contributed by atoms with van der Waals surface area (Å²) in [5.74, 6) is 0. The van der Waals surface area contributed by atoms with Crippen molar-refractivity contribution in [1.82, 2.24) is 0 Å². The molecule has 3 heteroatoms. The zero-order chi connectivity index (χ0) is 17.3. The smallest absolute Gasteiger partial charge is 0.0547 e. The number of benzene rings is 3. The van der Waals surface area contributed by atoms with E-state index in [-0.39, 0.29) is 5.41 Å². The van der Waals surface area contributed by atoms with Crippen molar-refractivity contribution in [3.63, 3.8) is 0 Å². The summed E-state index contributed by atoms with van der Waals surface area (Å²) < 4.78 is 1.16. The first-order valence-corrected chi connectivity index (χ1v) is 8.70. The second kappa shape index (κ2) is 6.33. The molecule has 0 unspecified atom stereocenters. The highest BCUT2D eigenvalue weighted by molar-refractivity contribution is 9.10. The van der Waals surface area contributed by atoms with E-state index < -0.39 is 0 Å². The standard InChI is InChI=1S/C15H13Br.C6H8N2/c1-15(2)13-6-4-3-5-11(13)12-8-7-10(16)9-14(12)15;7-5-3-1-2-4-6(5)8/h3-9H,1-2H3;1-4H,7-8H2.